The summed E-state index contributed by atoms with van der Waals surface area (Å²) in [6.45, 7) is 4.82. The summed E-state index contributed by atoms with van der Waals surface area (Å²) in [7, 11) is 0. The molecular formula is C14H21NO3. The molecule has 0 spiro atoms. The number of phenolic OH excluding ortho intramolecular Hbond substituents is 1. The van der Waals surface area contributed by atoms with Crippen LogP contribution in [0.15, 0.2) is 18.2 Å². The van der Waals surface area contributed by atoms with Gasteiger partial charge >= 0.3 is 0 Å². The summed E-state index contributed by atoms with van der Waals surface area (Å²) in [5.74, 6) is 0.659. The van der Waals surface area contributed by atoms with E-state index in [2.05, 4.69) is 19.3 Å². The van der Waals surface area contributed by atoms with Crippen LogP contribution in [0.25, 0.3) is 0 Å². The number of hydrogen-bond donors (Lipinski definition) is 3. The third kappa shape index (κ3) is 3.15. The molecule has 1 saturated carbocycles. The van der Waals surface area contributed by atoms with Gasteiger partial charge in [-0.3, -0.25) is 0 Å². The fraction of sp³-hybridized carbons (Fsp3) is 0.571. The Kier molecular flexibility index (Phi) is 3.78. The van der Waals surface area contributed by atoms with Gasteiger partial charge in [0.15, 0.2) is 11.5 Å². The van der Waals surface area contributed by atoms with Gasteiger partial charge in [0.2, 0.25) is 0 Å². The quantitative estimate of drug-likeness (QED) is 0.720. The van der Waals surface area contributed by atoms with Gasteiger partial charge in [0.05, 0.1) is 6.10 Å². The Labute approximate surface area is 108 Å². The van der Waals surface area contributed by atoms with E-state index in [0.717, 1.165) is 24.8 Å². The lowest BCUT2D eigenvalue weighted by atomic mass is 9.92. The normalized spacial score (nSPS) is 22.1. The van der Waals surface area contributed by atoms with E-state index in [1.165, 1.54) is 0 Å². The third-order valence-electron chi connectivity index (χ3n) is 3.52. The second-order valence-corrected chi connectivity index (χ2v) is 5.78. The lowest BCUT2D eigenvalue weighted by molar-refractivity contribution is 0.160. The van der Waals surface area contributed by atoms with E-state index < -0.39 is 0 Å². The van der Waals surface area contributed by atoms with Crippen molar-refractivity contribution in [3.8, 4) is 11.5 Å². The fourth-order valence-corrected chi connectivity index (χ4v) is 2.51. The van der Waals surface area contributed by atoms with Crippen LogP contribution in [0.3, 0.4) is 0 Å². The van der Waals surface area contributed by atoms with E-state index in [0.29, 0.717) is 17.7 Å². The highest BCUT2D eigenvalue weighted by molar-refractivity contribution is 5.42. The fourth-order valence-electron chi connectivity index (χ4n) is 2.51. The maximum Gasteiger partial charge on any atom is 0.161 e. The van der Waals surface area contributed by atoms with Gasteiger partial charge in [0.25, 0.3) is 0 Å². The summed E-state index contributed by atoms with van der Waals surface area (Å²) >= 11 is 0. The first-order chi connectivity index (χ1) is 8.50. The van der Waals surface area contributed by atoms with E-state index >= 15 is 0 Å². The Morgan fingerprint density at radius 1 is 1.44 bits per heavy atom. The minimum Gasteiger partial charge on any atom is -0.504 e. The van der Waals surface area contributed by atoms with Crippen molar-refractivity contribution in [2.24, 2.45) is 5.41 Å². The van der Waals surface area contributed by atoms with Crippen LogP contribution >= 0.6 is 0 Å². The van der Waals surface area contributed by atoms with Gasteiger partial charge in [-0.1, -0.05) is 19.9 Å². The Hall–Kier alpha value is -1.26. The molecule has 0 aliphatic heterocycles. The molecule has 1 unspecified atom stereocenters. The van der Waals surface area contributed by atoms with Crippen LogP contribution in [0.5, 0.6) is 11.5 Å². The van der Waals surface area contributed by atoms with Crippen molar-refractivity contribution in [3.05, 3.63) is 23.8 Å². The molecule has 2 rings (SSSR count). The van der Waals surface area contributed by atoms with Crippen molar-refractivity contribution in [1.82, 2.24) is 5.48 Å². The molecule has 3 N–H and O–H groups in total. The minimum atomic E-state index is 0.154. The summed E-state index contributed by atoms with van der Waals surface area (Å²) in [5.41, 5.74) is 3.30. The Bertz CT molecular complexity index is 418. The molecule has 0 aromatic heterocycles. The molecule has 0 radical (unpaired) electrons. The van der Waals surface area contributed by atoms with Gasteiger partial charge in [-0.05, 0) is 42.4 Å². The third-order valence-corrected chi connectivity index (χ3v) is 3.52. The van der Waals surface area contributed by atoms with Crippen molar-refractivity contribution in [1.29, 1.82) is 0 Å². The Balaban J connectivity index is 2.06. The first-order valence-corrected chi connectivity index (χ1v) is 6.36. The molecule has 1 aliphatic rings. The predicted octanol–water partition coefficient (Wildman–Crippen LogP) is 2.83. The molecule has 0 heterocycles. The van der Waals surface area contributed by atoms with Gasteiger partial charge in [-0.15, -0.1) is 0 Å². The standard InChI is InChI=1S/C14H21NO3/c1-14(2)6-5-11(8-14)18-13-7-10(9-15-17)3-4-12(13)16/h3-4,7,11,15-17H,5-6,8-9H2,1-2H3. The van der Waals surface area contributed by atoms with E-state index in [4.69, 9.17) is 9.94 Å². The molecule has 1 fully saturated rings. The Morgan fingerprint density at radius 3 is 2.83 bits per heavy atom. The summed E-state index contributed by atoms with van der Waals surface area (Å²) in [6, 6.07) is 5.12. The summed E-state index contributed by atoms with van der Waals surface area (Å²) < 4.78 is 5.87. The molecule has 1 aliphatic carbocycles. The number of benzene rings is 1. The smallest absolute Gasteiger partial charge is 0.161 e. The van der Waals surface area contributed by atoms with Crippen LogP contribution in [-0.2, 0) is 6.54 Å². The molecule has 1 atom stereocenters. The predicted molar refractivity (Wildman–Crippen MR) is 68.8 cm³/mol. The maximum atomic E-state index is 9.79. The van der Waals surface area contributed by atoms with Crippen molar-refractivity contribution in [2.45, 2.75) is 45.8 Å². The average molecular weight is 251 g/mol. The lowest BCUT2D eigenvalue weighted by Gasteiger charge is -2.19. The van der Waals surface area contributed by atoms with Gasteiger partial charge in [-0.2, -0.15) is 0 Å². The summed E-state index contributed by atoms with van der Waals surface area (Å²) in [5, 5.41) is 18.5. The molecule has 1 aromatic carbocycles. The molecule has 1 aromatic rings. The average Bonchev–Trinajstić information content (AvgIpc) is 2.63. The zero-order valence-corrected chi connectivity index (χ0v) is 10.9. The first kappa shape index (κ1) is 13.2. The van der Waals surface area contributed by atoms with Gasteiger partial charge in [0, 0.05) is 6.54 Å². The number of nitrogens with one attached hydrogen (secondary N) is 1. The van der Waals surface area contributed by atoms with Gasteiger partial charge in [0.1, 0.15) is 0 Å². The molecule has 100 valence electrons. The molecule has 0 amide bonds. The monoisotopic (exact) mass is 251 g/mol. The van der Waals surface area contributed by atoms with Crippen molar-refractivity contribution in [2.75, 3.05) is 0 Å². The Morgan fingerprint density at radius 2 is 2.22 bits per heavy atom. The lowest BCUT2D eigenvalue weighted by Crippen LogP contribution is -2.15. The van der Waals surface area contributed by atoms with Crippen LogP contribution in [-0.4, -0.2) is 16.4 Å². The second kappa shape index (κ2) is 5.16. The first-order valence-electron chi connectivity index (χ1n) is 6.36. The highest BCUT2D eigenvalue weighted by Gasteiger charge is 2.32. The summed E-state index contributed by atoms with van der Waals surface area (Å²) in [6.07, 6.45) is 3.35. The SMILES string of the molecule is CC1(C)CCC(Oc2cc(CNO)ccc2O)C1. The molecule has 0 bridgehead atoms. The topological polar surface area (TPSA) is 61.7 Å². The van der Waals surface area contributed by atoms with Crippen LogP contribution in [0.4, 0.5) is 0 Å². The van der Waals surface area contributed by atoms with Crippen LogP contribution < -0.4 is 10.2 Å². The maximum absolute atomic E-state index is 9.79. The van der Waals surface area contributed by atoms with Gasteiger partial charge < -0.3 is 15.1 Å². The minimum absolute atomic E-state index is 0.154. The van der Waals surface area contributed by atoms with E-state index in [-0.39, 0.29) is 11.9 Å². The van der Waals surface area contributed by atoms with Gasteiger partial charge in [-0.25, -0.2) is 5.48 Å². The highest BCUT2D eigenvalue weighted by atomic mass is 16.5. The summed E-state index contributed by atoms with van der Waals surface area (Å²) in [4.78, 5) is 0. The zero-order valence-electron chi connectivity index (χ0n) is 10.9. The van der Waals surface area contributed by atoms with Crippen LogP contribution in [0, 0.1) is 5.41 Å². The molecule has 18 heavy (non-hydrogen) atoms. The largest absolute Gasteiger partial charge is 0.504 e. The van der Waals surface area contributed by atoms with Crippen molar-refractivity contribution < 1.29 is 15.1 Å². The number of hydroxylamine groups is 1. The van der Waals surface area contributed by atoms with Crippen LogP contribution in [0.1, 0.15) is 38.7 Å². The van der Waals surface area contributed by atoms with Crippen molar-refractivity contribution in [3.63, 3.8) is 0 Å². The number of hydrogen-bond acceptors (Lipinski definition) is 4. The number of aromatic hydroxyl groups is 1. The second-order valence-electron chi connectivity index (χ2n) is 5.78. The molecule has 0 saturated heterocycles. The number of ether oxygens (including phenoxy) is 1. The van der Waals surface area contributed by atoms with E-state index in [9.17, 15) is 5.11 Å². The van der Waals surface area contributed by atoms with Crippen molar-refractivity contribution >= 4 is 0 Å². The molecule has 4 nitrogen and oxygen atoms in total. The zero-order chi connectivity index (χ0) is 13.2. The number of phenols is 1. The highest BCUT2D eigenvalue weighted by Crippen LogP contribution is 2.40. The molecular weight excluding hydrogens is 230 g/mol. The molecule has 4 heteroatoms. The van der Waals surface area contributed by atoms with Crippen LogP contribution in [0.2, 0.25) is 0 Å². The van der Waals surface area contributed by atoms with E-state index in [1.54, 1.807) is 18.2 Å². The van der Waals surface area contributed by atoms with E-state index in [1.807, 2.05) is 0 Å². The number of rotatable bonds is 4.